The summed E-state index contributed by atoms with van der Waals surface area (Å²) < 4.78 is 5.14. The summed E-state index contributed by atoms with van der Waals surface area (Å²) >= 11 is 0. The molecule has 1 saturated heterocycles. The van der Waals surface area contributed by atoms with E-state index in [-0.39, 0.29) is 12.6 Å². The van der Waals surface area contributed by atoms with Crippen LogP contribution in [0.3, 0.4) is 0 Å². The lowest BCUT2D eigenvalue weighted by Crippen LogP contribution is -2.31. The fourth-order valence-corrected chi connectivity index (χ4v) is 2.96. The molecule has 0 amide bonds. The summed E-state index contributed by atoms with van der Waals surface area (Å²) in [4.78, 5) is 14.4. The number of aliphatic hydroxyl groups excluding tert-OH is 1. The summed E-state index contributed by atoms with van der Waals surface area (Å²) in [6.45, 7) is 3.27. The van der Waals surface area contributed by atoms with Gasteiger partial charge < -0.3 is 20.5 Å². The summed E-state index contributed by atoms with van der Waals surface area (Å²) in [6, 6.07) is 5.78. The van der Waals surface area contributed by atoms with Crippen LogP contribution < -0.4 is 10.6 Å². The number of nitrogen functional groups attached to an aromatic ring is 1. The molecule has 21 heavy (non-hydrogen) atoms. The molecule has 0 saturated carbocycles. The van der Waals surface area contributed by atoms with Crippen molar-refractivity contribution in [3.63, 3.8) is 0 Å². The van der Waals surface area contributed by atoms with E-state index in [9.17, 15) is 4.79 Å². The van der Waals surface area contributed by atoms with Crippen molar-refractivity contribution in [2.24, 2.45) is 0 Å². The van der Waals surface area contributed by atoms with Crippen molar-refractivity contribution in [3.8, 4) is 0 Å². The van der Waals surface area contributed by atoms with Gasteiger partial charge in [-0.15, -0.1) is 0 Å². The first kappa shape index (κ1) is 15.6. The molecule has 1 aromatic carbocycles. The number of hydrogen-bond acceptors (Lipinski definition) is 5. The van der Waals surface area contributed by atoms with E-state index in [0.29, 0.717) is 23.9 Å². The van der Waals surface area contributed by atoms with Gasteiger partial charge in [0, 0.05) is 24.9 Å². The normalized spacial score (nSPS) is 18.0. The van der Waals surface area contributed by atoms with Gasteiger partial charge in [-0.1, -0.05) is 0 Å². The standard InChI is InChI=1S/C16H24N2O3/c1-2-21-16(20)14-11-12(17)7-8-15(14)18-9-3-5-13(18)6-4-10-19/h7-8,11,13,19H,2-6,9-10,17H2,1H3. The largest absolute Gasteiger partial charge is 0.462 e. The summed E-state index contributed by atoms with van der Waals surface area (Å²) in [7, 11) is 0. The molecule has 1 aliphatic rings. The number of aliphatic hydroxyl groups is 1. The summed E-state index contributed by atoms with van der Waals surface area (Å²) in [5.74, 6) is -0.326. The molecule has 0 bridgehead atoms. The Kier molecular flexibility index (Phi) is 5.44. The van der Waals surface area contributed by atoms with Gasteiger partial charge in [0.1, 0.15) is 0 Å². The maximum atomic E-state index is 12.2. The topological polar surface area (TPSA) is 75.8 Å². The Bertz CT molecular complexity index is 490. The minimum Gasteiger partial charge on any atom is -0.462 e. The van der Waals surface area contributed by atoms with Crippen LogP contribution in [-0.2, 0) is 4.74 Å². The molecule has 5 nitrogen and oxygen atoms in total. The van der Waals surface area contributed by atoms with Gasteiger partial charge in [0.25, 0.3) is 0 Å². The molecular weight excluding hydrogens is 268 g/mol. The van der Waals surface area contributed by atoms with Crippen LogP contribution in [0.1, 0.15) is 43.0 Å². The molecule has 0 aliphatic carbocycles. The van der Waals surface area contributed by atoms with Gasteiger partial charge in [0.15, 0.2) is 0 Å². The van der Waals surface area contributed by atoms with Crippen molar-refractivity contribution in [3.05, 3.63) is 23.8 Å². The Balaban J connectivity index is 2.27. The first-order valence-corrected chi connectivity index (χ1v) is 7.61. The first-order chi connectivity index (χ1) is 10.2. The van der Waals surface area contributed by atoms with Crippen LogP contribution in [0, 0.1) is 0 Å². The van der Waals surface area contributed by atoms with E-state index in [1.165, 1.54) is 0 Å². The molecule has 2 rings (SSSR count). The van der Waals surface area contributed by atoms with E-state index in [0.717, 1.165) is 37.9 Å². The molecule has 116 valence electrons. The second-order valence-electron chi connectivity index (χ2n) is 5.35. The van der Waals surface area contributed by atoms with Crippen molar-refractivity contribution in [1.82, 2.24) is 0 Å². The van der Waals surface area contributed by atoms with Crippen molar-refractivity contribution in [2.45, 2.75) is 38.6 Å². The monoisotopic (exact) mass is 292 g/mol. The number of anilines is 2. The molecule has 1 aliphatic heterocycles. The maximum absolute atomic E-state index is 12.2. The number of benzene rings is 1. The van der Waals surface area contributed by atoms with E-state index in [1.54, 1.807) is 13.0 Å². The second kappa shape index (κ2) is 7.31. The highest BCUT2D eigenvalue weighted by atomic mass is 16.5. The summed E-state index contributed by atoms with van der Waals surface area (Å²) in [5, 5.41) is 9.02. The van der Waals surface area contributed by atoms with Gasteiger partial charge in [0.2, 0.25) is 0 Å². The average molecular weight is 292 g/mol. The Morgan fingerprint density at radius 2 is 2.33 bits per heavy atom. The highest BCUT2D eigenvalue weighted by molar-refractivity contribution is 5.97. The Morgan fingerprint density at radius 1 is 1.52 bits per heavy atom. The summed E-state index contributed by atoms with van der Waals surface area (Å²) in [6.07, 6.45) is 3.91. The number of nitrogens with zero attached hydrogens (tertiary/aromatic N) is 1. The first-order valence-electron chi connectivity index (χ1n) is 7.61. The molecule has 0 radical (unpaired) electrons. The smallest absolute Gasteiger partial charge is 0.340 e. The van der Waals surface area contributed by atoms with Gasteiger partial charge in [-0.05, 0) is 50.8 Å². The third-order valence-corrected chi connectivity index (χ3v) is 3.90. The summed E-state index contributed by atoms with van der Waals surface area (Å²) in [5.41, 5.74) is 7.81. The molecular formula is C16H24N2O3. The van der Waals surface area contributed by atoms with Gasteiger partial charge >= 0.3 is 5.97 Å². The number of nitrogens with two attached hydrogens (primary N) is 1. The van der Waals surface area contributed by atoms with Crippen LogP contribution >= 0.6 is 0 Å². The van der Waals surface area contributed by atoms with Gasteiger partial charge in [-0.3, -0.25) is 0 Å². The molecule has 1 atom stereocenters. The molecule has 1 fully saturated rings. The fourth-order valence-electron chi connectivity index (χ4n) is 2.96. The minimum absolute atomic E-state index is 0.205. The van der Waals surface area contributed by atoms with Gasteiger partial charge in [0.05, 0.1) is 17.9 Å². The third kappa shape index (κ3) is 3.67. The lowest BCUT2D eigenvalue weighted by atomic mass is 10.1. The number of ether oxygens (including phenoxy) is 1. The molecule has 1 heterocycles. The zero-order chi connectivity index (χ0) is 15.2. The van der Waals surface area contributed by atoms with E-state index < -0.39 is 0 Å². The molecule has 5 heteroatoms. The molecule has 1 aromatic rings. The molecule has 0 aromatic heterocycles. The zero-order valence-corrected chi connectivity index (χ0v) is 12.5. The number of rotatable bonds is 6. The SMILES string of the molecule is CCOC(=O)c1cc(N)ccc1N1CCCC1CCCO. The Hall–Kier alpha value is -1.75. The molecule has 1 unspecified atom stereocenters. The zero-order valence-electron chi connectivity index (χ0n) is 12.5. The van der Waals surface area contributed by atoms with Gasteiger partial charge in [-0.25, -0.2) is 4.79 Å². The fraction of sp³-hybridized carbons (Fsp3) is 0.562. The van der Waals surface area contributed by atoms with Crippen molar-refractivity contribution < 1.29 is 14.6 Å². The second-order valence-corrected chi connectivity index (χ2v) is 5.35. The number of esters is 1. The highest BCUT2D eigenvalue weighted by Crippen LogP contribution is 2.32. The lowest BCUT2D eigenvalue weighted by molar-refractivity contribution is 0.0527. The number of carbonyl (C=O) groups is 1. The Morgan fingerprint density at radius 3 is 3.05 bits per heavy atom. The maximum Gasteiger partial charge on any atom is 0.340 e. The predicted octanol–water partition coefficient (Wildman–Crippen LogP) is 2.19. The average Bonchev–Trinajstić information content (AvgIpc) is 2.93. The van der Waals surface area contributed by atoms with Crippen LogP contribution in [0.4, 0.5) is 11.4 Å². The molecule has 3 N–H and O–H groups in total. The van der Waals surface area contributed by atoms with Crippen LogP contribution in [-0.4, -0.2) is 36.9 Å². The quantitative estimate of drug-likeness (QED) is 0.621. The minimum atomic E-state index is -0.326. The van der Waals surface area contributed by atoms with Crippen molar-refractivity contribution in [2.75, 3.05) is 30.4 Å². The van der Waals surface area contributed by atoms with Crippen LogP contribution in [0.25, 0.3) is 0 Å². The lowest BCUT2D eigenvalue weighted by Gasteiger charge is -2.28. The van der Waals surface area contributed by atoms with E-state index in [2.05, 4.69) is 4.90 Å². The van der Waals surface area contributed by atoms with E-state index in [1.807, 2.05) is 12.1 Å². The van der Waals surface area contributed by atoms with Crippen LogP contribution in [0.5, 0.6) is 0 Å². The van der Waals surface area contributed by atoms with E-state index >= 15 is 0 Å². The third-order valence-electron chi connectivity index (χ3n) is 3.90. The number of hydrogen-bond donors (Lipinski definition) is 2. The van der Waals surface area contributed by atoms with E-state index in [4.69, 9.17) is 15.6 Å². The predicted molar refractivity (Wildman–Crippen MR) is 83.5 cm³/mol. The molecule has 0 spiro atoms. The Labute approximate surface area is 125 Å². The van der Waals surface area contributed by atoms with Gasteiger partial charge in [-0.2, -0.15) is 0 Å². The number of carbonyl (C=O) groups excluding carboxylic acids is 1. The van der Waals surface area contributed by atoms with Crippen LogP contribution in [0.15, 0.2) is 18.2 Å². The van der Waals surface area contributed by atoms with Crippen molar-refractivity contribution in [1.29, 1.82) is 0 Å². The van der Waals surface area contributed by atoms with Crippen molar-refractivity contribution >= 4 is 17.3 Å². The van der Waals surface area contributed by atoms with Crippen LogP contribution in [0.2, 0.25) is 0 Å². The highest BCUT2D eigenvalue weighted by Gasteiger charge is 2.27.